The first kappa shape index (κ1) is 13.1. The SMILES string of the molecule is CC#CCNC(C)C(=O)NC1CCCCC1. The van der Waals surface area contributed by atoms with Gasteiger partial charge >= 0.3 is 0 Å². The van der Waals surface area contributed by atoms with Gasteiger partial charge in [0.2, 0.25) is 5.91 Å². The fraction of sp³-hybridized carbons (Fsp3) is 0.769. The topological polar surface area (TPSA) is 41.1 Å². The average molecular weight is 222 g/mol. The van der Waals surface area contributed by atoms with Gasteiger partial charge in [0, 0.05) is 6.04 Å². The van der Waals surface area contributed by atoms with Crippen LogP contribution < -0.4 is 10.6 Å². The van der Waals surface area contributed by atoms with Gasteiger partial charge < -0.3 is 5.32 Å². The van der Waals surface area contributed by atoms with Crippen LogP contribution in [0.15, 0.2) is 0 Å². The summed E-state index contributed by atoms with van der Waals surface area (Å²) in [5.74, 6) is 5.80. The predicted molar refractivity (Wildman–Crippen MR) is 65.9 cm³/mol. The largest absolute Gasteiger partial charge is 0.352 e. The molecule has 16 heavy (non-hydrogen) atoms. The summed E-state index contributed by atoms with van der Waals surface area (Å²) in [4.78, 5) is 11.8. The molecule has 1 unspecified atom stereocenters. The molecule has 0 aliphatic heterocycles. The summed E-state index contributed by atoms with van der Waals surface area (Å²) in [6.07, 6.45) is 6.06. The van der Waals surface area contributed by atoms with Crippen LogP contribution in [0.2, 0.25) is 0 Å². The molecule has 90 valence electrons. The lowest BCUT2D eigenvalue weighted by Gasteiger charge is -2.24. The minimum Gasteiger partial charge on any atom is -0.352 e. The number of hydrogen-bond donors (Lipinski definition) is 2. The van der Waals surface area contributed by atoms with Gasteiger partial charge in [0.25, 0.3) is 0 Å². The normalized spacial score (nSPS) is 18.4. The van der Waals surface area contributed by atoms with Crippen molar-refractivity contribution in [2.75, 3.05) is 6.54 Å². The van der Waals surface area contributed by atoms with Gasteiger partial charge in [-0.1, -0.05) is 25.2 Å². The first-order valence-electron chi connectivity index (χ1n) is 6.17. The van der Waals surface area contributed by atoms with E-state index in [1.54, 1.807) is 6.92 Å². The first-order chi connectivity index (χ1) is 7.74. The van der Waals surface area contributed by atoms with Gasteiger partial charge in [0.15, 0.2) is 0 Å². The van der Waals surface area contributed by atoms with Crippen LogP contribution in [0.3, 0.4) is 0 Å². The van der Waals surface area contributed by atoms with Crippen molar-refractivity contribution in [1.82, 2.24) is 10.6 Å². The molecule has 0 saturated heterocycles. The molecular formula is C13H22N2O. The fourth-order valence-electron chi connectivity index (χ4n) is 1.96. The van der Waals surface area contributed by atoms with Crippen molar-refractivity contribution in [2.24, 2.45) is 0 Å². The second-order valence-electron chi connectivity index (χ2n) is 4.37. The highest BCUT2D eigenvalue weighted by molar-refractivity contribution is 5.81. The summed E-state index contributed by atoms with van der Waals surface area (Å²) in [6.45, 7) is 4.26. The number of nitrogens with one attached hydrogen (secondary N) is 2. The number of hydrogen-bond acceptors (Lipinski definition) is 2. The maximum atomic E-state index is 11.8. The Balaban J connectivity index is 2.23. The van der Waals surface area contributed by atoms with Crippen molar-refractivity contribution in [3.63, 3.8) is 0 Å². The van der Waals surface area contributed by atoms with E-state index in [2.05, 4.69) is 22.5 Å². The zero-order valence-electron chi connectivity index (χ0n) is 10.3. The smallest absolute Gasteiger partial charge is 0.237 e. The van der Waals surface area contributed by atoms with Gasteiger partial charge in [-0.3, -0.25) is 10.1 Å². The van der Waals surface area contributed by atoms with Crippen LogP contribution in [-0.2, 0) is 4.79 Å². The van der Waals surface area contributed by atoms with Crippen molar-refractivity contribution < 1.29 is 4.79 Å². The average Bonchev–Trinajstić information content (AvgIpc) is 2.30. The van der Waals surface area contributed by atoms with Crippen molar-refractivity contribution in [3.8, 4) is 11.8 Å². The lowest BCUT2D eigenvalue weighted by molar-refractivity contribution is -0.123. The maximum Gasteiger partial charge on any atom is 0.237 e. The van der Waals surface area contributed by atoms with Crippen LogP contribution in [0, 0.1) is 11.8 Å². The third kappa shape index (κ3) is 4.67. The van der Waals surface area contributed by atoms with E-state index in [-0.39, 0.29) is 11.9 Å². The van der Waals surface area contributed by atoms with Crippen LogP contribution in [0.25, 0.3) is 0 Å². The van der Waals surface area contributed by atoms with Gasteiger partial charge in [0.05, 0.1) is 12.6 Å². The summed E-state index contributed by atoms with van der Waals surface area (Å²) in [6, 6.07) is 0.241. The second-order valence-corrected chi connectivity index (χ2v) is 4.37. The Labute approximate surface area is 98.4 Å². The quantitative estimate of drug-likeness (QED) is 0.707. The molecule has 0 spiro atoms. The highest BCUT2D eigenvalue weighted by atomic mass is 16.2. The Morgan fingerprint density at radius 3 is 2.69 bits per heavy atom. The van der Waals surface area contributed by atoms with Gasteiger partial charge in [-0.15, -0.1) is 5.92 Å². The van der Waals surface area contributed by atoms with Gasteiger partial charge in [0.1, 0.15) is 0 Å². The first-order valence-corrected chi connectivity index (χ1v) is 6.17. The molecule has 1 aliphatic carbocycles. The van der Waals surface area contributed by atoms with E-state index in [1.807, 2.05) is 6.92 Å². The Hall–Kier alpha value is -1.01. The van der Waals surface area contributed by atoms with Gasteiger partial charge in [-0.25, -0.2) is 0 Å². The summed E-state index contributed by atoms with van der Waals surface area (Å²) >= 11 is 0. The Morgan fingerprint density at radius 1 is 1.38 bits per heavy atom. The van der Waals surface area contributed by atoms with E-state index in [9.17, 15) is 4.79 Å². The number of carbonyl (C=O) groups is 1. The number of amides is 1. The molecule has 1 amide bonds. The molecule has 1 saturated carbocycles. The van der Waals surface area contributed by atoms with E-state index in [1.165, 1.54) is 19.3 Å². The van der Waals surface area contributed by atoms with E-state index < -0.39 is 0 Å². The van der Waals surface area contributed by atoms with Crippen LogP contribution in [0.1, 0.15) is 46.0 Å². The second kappa shape index (κ2) is 7.29. The highest BCUT2D eigenvalue weighted by Gasteiger charge is 2.18. The van der Waals surface area contributed by atoms with Crippen LogP contribution in [0.4, 0.5) is 0 Å². The maximum absolute atomic E-state index is 11.8. The lowest BCUT2D eigenvalue weighted by Crippen LogP contribution is -2.46. The molecule has 0 bridgehead atoms. The van der Waals surface area contributed by atoms with Crippen LogP contribution in [0.5, 0.6) is 0 Å². The molecule has 0 aromatic heterocycles. The van der Waals surface area contributed by atoms with E-state index in [0.717, 1.165) is 12.8 Å². The predicted octanol–water partition coefficient (Wildman–Crippen LogP) is 1.44. The summed E-state index contributed by atoms with van der Waals surface area (Å²) in [5.41, 5.74) is 0. The lowest BCUT2D eigenvalue weighted by atomic mass is 9.95. The molecular weight excluding hydrogens is 200 g/mol. The third-order valence-corrected chi connectivity index (χ3v) is 3.02. The van der Waals surface area contributed by atoms with Gasteiger partial charge in [-0.2, -0.15) is 0 Å². The summed E-state index contributed by atoms with van der Waals surface area (Å²) in [5, 5.41) is 6.18. The van der Waals surface area contributed by atoms with Crippen molar-refractivity contribution >= 4 is 5.91 Å². The van der Waals surface area contributed by atoms with E-state index in [0.29, 0.717) is 12.6 Å². The monoisotopic (exact) mass is 222 g/mol. The molecule has 1 rings (SSSR count). The molecule has 1 aliphatic rings. The van der Waals surface area contributed by atoms with Crippen LogP contribution >= 0.6 is 0 Å². The molecule has 0 radical (unpaired) electrons. The number of carbonyl (C=O) groups excluding carboxylic acids is 1. The Morgan fingerprint density at radius 2 is 2.06 bits per heavy atom. The minimum atomic E-state index is -0.150. The molecule has 3 nitrogen and oxygen atoms in total. The molecule has 2 N–H and O–H groups in total. The highest BCUT2D eigenvalue weighted by Crippen LogP contribution is 2.17. The van der Waals surface area contributed by atoms with Gasteiger partial charge in [-0.05, 0) is 26.7 Å². The minimum absolute atomic E-state index is 0.102. The molecule has 1 atom stereocenters. The Kier molecular flexibility index (Phi) is 5.95. The molecule has 3 heteroatoms. The zero-order valence-corrected chi connectivity index (χ0v) is 10.3. The summed E-state index contributed by atoms with van der Waals surface area (Å²) in [7, 11) is 0. The zero-order chi connectivity index (χ0) is 11.8. The standard InChI is InChI=1S/C13H22N2O/c1-3-4-10-14-11(2)13(16)15-12-8-6-5-7-9-12/h11-12,14H,5-10H2,1-2H3,(H,15,16). The molecule has 1 fully saturated rings. The van der Waals surface area contributed by atoms with Crippen molar-refractivity contribution in [1.29, 1.82) is 0 Å². The fourth-order valence-corrected chi connectivity index (χ4v) is 1.96. The van der Waals surface area contributed by atoms with E-state index >= 15 is 0 Å². The molecule has 0 aromatic carbocycles. The number of rotatable bonds is 4. The van der Waals surface area contributed by atoms with Crippen molar-refractivity contribution in [3.05, 3.63) is 0 Å². The summed E-state index contributed by atoms with van der Waals surface area (Å²) < 4.78 is 0. The van der Waals surface area contributed by atoms with Crippen molar-refractivity contribution in [2.45, 2.75) is 58.0 Å². The third-order valence-electron chi connectivity index (χ3n) is 3.02. The Bertz CT molecular complexity index is 271. The molecule has 0 aromatic rings. The molecule has 0 heterocycles. The van der Waals surface area contributed by atoms with E-state index in [4.69, 9.17) is 0 Å². The van der Waals surface area contributed by atoms with Crippen LogP contribution in [-0.4, -0.2) is 24.5 Å².